The normalized spacial score (nSPS) is 30.2. The van der Waals surface area contributed by atoms with Crippen LogP contribution in [0.3, 0.4) is 0 Å². The number of hydrogen-bond acceptors (Lipinski definition) is 3. The number of carbonyl (C=O) groups excluding carboxylic acids is 2. The fraction of sp³-hybridized carbons (Fsp3) is 0.889. The van der Waals surface area contributed by atoms with Crippen molar-refractivity contribution in [1.29, 1.82) is 0 Å². The number of rotatable bonds is 1. The Labute approximate surface area is 144 Å². The van der Waals surface area contributed by atoms with Gasteiger partial charge in [0.15, 0.2) is 0 Å². The minimum atomic E-state index is -0.0750. The molecule has 2 aliphatic carbocycles. The Morgan fingerprint density at radius 3 is 2.62 bits per heavy atom. The summed E-state index contributed by atoms with van der Waals surface area (Å²) in [6, 6.07) is 0.290. The van der Waals surface area contributed by atoms with E-state index in [1.165, 1.54) is 19.3 Å². The van der Waals surface area contributed by atoms with Crippen LogP contribution in [0.1, 0.15) is 57.8 Å². The zero-order valence-corrected chi connectivity index (χ0v) is 14.6. The van der Waals surface area contributed by atoms with E-state index in [0.29, 0.717) is 32.3 Å². The van der Waals surface area contributed by atoms with Crippen molar-refractivity contribution in [3.63, 3.8) is 0 Å². The Kier molecular flexibility index (Phi) is 6.35. The Morgan fingerprint density at radius 1 is 1.04 bits per heavy atom. The van der Waals surface area contributed by atoms with Crippen LogP contribution in [0.5, 0.6) is 0 Å². The van der Waals surface area contributed by atoms with E-state index < -0.39 is 0 Å². The highest BCUT2D eigenvalue weighted by atomic mass is 16.5. The fourth-order valence-corrected chi connectivity index (χ4v) is 4.36. The van der Waals surface area contributed by atoms with Crippen molar-refractivity contribution >= 4 is 11.9 Å². The minimum absolute atomic E-state index is 0.00374. The number of ether oxygens (including phenoxy) is 1. The molecule has 0 radical (unpaired) electrons. The van der Waals surface area contributed by atoms with Gasteiger partial charge in [-0.3, -0.25) is 4.79 Å². The van der Waals surface area contributed by atoms with Crippen LogP contribution in [0.2, 0.25) is 0 Å². The summed E-state index contributed by atoms with van der Waals surface area (Å²) in [6.45, 7) is 2.20. The molecule has 6 heteroatoms. The van der Waals surface area contributed by atoms with Crippen molar-refractivity contribution in [3.8, 4) is 0 Å². The molecule has 0 aromatic carbocycles. The van der Waals surface area contributed by atoms with Gasteiger partial charge < -0.3 is 20.3 Å². The van der Waals surface area contributed by atoms with Crippen LogP contribution < -0.4 is 10.6 Å². The molecule has 2 N–H and O–H groups in total. The van der Waals surface area contributed by atoms with E-state index in [1.807, 2.05) is 4.90 Å². The number of carbonyl (C=O) groups is 2. The third-order valence-corrected chi connectivity index (χ3v) is 5.68. The summed E-state index contributed by atoms with van der Waals surface area (Å²) in [5, 5.41) is 6.19. The lowest BCUT2D eigenvalue weighted by molar-refractivity contribution is -0.128. The van der Waals surface area contributed by atoms with E-state index >= 15 is 0 Å². The summed E-state index contributed by atoms with van der Waals surface area (Å²) in [4.78, 5) is 27.3. The monoisotopic (exact) mass is 337 g/mol. The number of hydrogen-bond donors (Lipinski definition) is 2. The van der Waals surface area contributed by atoms with Crippen LogP contribution in [-0.4, -0.2) is 55.2 Å². The van der Waals surface area contributed by atoms with Crippen LogP contribution in [-0.2, 0) is 9.53 Å². The number of nitrogens with zero attached hydrogens (tertiary/aromatic N) is 1. The number of urea groups is 1. The molecule has 1 aliphatic heterocycles. The first-order chi connectivity index (χ1) is 11.8. The fourth-order valence-electron chi connectivity index (χ4n) is 4.36. The summed E-state index contributed by atoms with van der Waals surface area (Å²) in [5.41, 5.74) is 0. The average Bonchev–Trinajstić information content (AvgIpc) is 2.61. The zero-order chi connectivity index (χ0) is 16.8. The van der Waals surface area contributed by atoms with Crippen molar-refractivity contribution in [2.75, 3.05) is 26.3 Å². The van der Waals surface area contributed by atoms with E-state index in [1.54, 1.807) is 0 Å². The molecule has 6 nitrogen and oxygen atoms in total. The van der Waals surface area contributed by atoms with E-state index in [2.05, 4.69) is 10.6 Å². The third kappa shape index (κ3) is 4.41. The summed E-state index contributed by atoms with van der Waals surface area (Å²) < 4.78 is 5.57. The molecule has 0 aromatic heterocycles. The predicted molar refractivity (Wildman–Crippen MR) is 91.7 cm³/mol. The molecule has 2 saturated carbocycles. The maximum Gasteiger partial charge on any atom is 0.317 e. The molecule has 24 heavy (non-hydrogen) atoms. The first-order valence-corrected chi connectivity index (χ1v) is 9.68. The summed E-state index contributed by atoms with van der Waals surface area (Å²) in [7, 11) is 0. The van der Waals surface area contributed by atoms with Gasteiger partial charge in [-0.15, -0.1) is 0 Å². The molecule has 3 fully saturated rings. The van der Waals surface area contributed by atoms with Crippen LogP contribution in [0.25, 0.3) is 0 Å². The molecule has 3 amide bonds. The van der Waals surface area contributed by atoms with Gasteiger partial charge in [0.1, 0.15) is 0 Å². The topological polar surface area (TPSA) is 70.7 Å². The summed E-state index contributed by atoms with van der Waals surface area (Å²) >= 11 is 0. The third-order valence-electron chi connectivity index (χ3n) is 5.68. The molecular formula is C18H31N3O3. The van der Waals surface area contributed by atoms with Gasteiger partial charge in [0, 0.05) is 25.2 Å². The van der Waals surface area contributed by atoms with Gasteiger partial charge in [0.2, 0.25) is 5.91 Å². The summed E-state index contributed by atoms with van der Waals surface area (Å²) in [5.74, 6) is 0.00891. The van der Waals surface area contributed by atoms with Crippen LogP contribution in [0, 0.1) is 5.92 Å². The maximum atomic E-state index is 12.9. The van der Waals surface area contributed by atoms with E-state index in [0.717, 1.165) is 38.5 Å². The van der Waals surface area contributed by atoms with E-state index in [9.17, 15) is 9.59 Å². The lowest BCUT2D eigenvalue weighted by Crippen LogP contribution is -2.56. The lowest BCUT2D eigenvalue weighted by Gasteiger charge is -2.40. The summed E-state index contributed by atoms with van der Waals surface area (Å²) in [6.07, 6.45) is 9.77. The smallest absolute Gasteiger partial charge is 0.317 e. The van der Waals surface area contributed by atoms with E-state index in [4.69, 9.17) is 4.74 Å². The first kappa shape index (κ1) is 17.5. The van der Waals surface area contributed by atoms with Gasteiger partial charge in [0.05, 0.1) is 19.1 Å². The molecule has 0 spiro atoms. The van der Waals surface area contributed by atoms with Gasteiger partial charge in [-0.1, -0.05) is 32.1 Å². The van der Waals surface area contributed by atoms with Gasteiger partial charge >= 0.3 is 6.03 Å². The molecule has 0 aromatic rings. The molecule has 0 bridgehead atoms. The molecular weight excluding hydrogens is 306 g/mol. The van der Waals surface area contributed by atoms with Crippen molar-refractivity contribution in [1.82, 2.24) is 15.5 Å². The van der Waals surface area contributed by atoms with Crippen LogP contribution in [0.4, 0.5) is 4.79 Å². The van der Waals surface area contributed by atoms with Crippen molar-refractivity contribution in [2.45, 2.75) is 69.9 Å². The minimum Gasteiger partial charge on any atom is -0.378 e. The second-order valence-electron chi connectivity index (χ2n) is 7.34. The number of amides is 3. The molecule has 2 atom stereocenters. The Morgan fingerprint density at radius 2 is 1.79 bits per heavy atom. The Bertz CT molecular complexity index is 437. The van der Waals surface area contributed by atoms with Crippen LogP contribution in [0.15, 0.2) is 0 Å². The second kappa shape index (κ2) is 8.70. The predicted octanol–water partition coefficient (Wildman–Crippen LogP) is 2.04. The molecule has 136 valence electrons. The van der Waals surface area contributed by atoms with E-state index in [-0.39, 0.29) is 23.9 Å². The zero-order valence-electron chi connectivity index (χ0n) is 14.6. The molecule has 0 unspecified atom stereocenters. The highest BCUT2D eigenvalue weighted by Gasteiger charge is 2.37. The first-order valence-electron chi connectivity index (χ1n) is 9.68. The van der Waals surface area contributed by atoms with Gasteiger partial charge in [-0.2, -0.15) is 0 Å². The molecule has 3 rings (SSSR count). The Hall–Kier alpha value is -1.30. The SMILES string of the molecule is O=C1NCCOCCN(C(=O)NC2CCCCC2)[C@@H]2CCCC[C@H]12. The highest BCUT2D eigenvalue weighted by Crippen LogP contribution is 2.29. The molecule has 3 aliphatic rings. The Balaban J connectivity index is 1.70. The largest absolute Gasteiger partial charge is 0.378 e. The van der Waals surface area contributed by atoms with Gasteiger partial charge in [-0.25, -0.2) is 4.79 Å². The number of nitrogens with one attached hydrogen (secondary N) is 2. The molecule has 1 heterocycles. The van der Waals surface area contributed by atoms with Crippen LogP contribution >= 0.6 is 0 Å². The second-order valence-corrected chi connectivity index (χ2v) is 7.34. The number of fused-ring (bicyclic) bond motifs is 1. The van der Waals surface area contributed by atoms with Crippen molar-refractivity contribution in [2.24, 2.45) is 5.92 Å². The van der Waals surface area contributed by atoms with Gasteiger partial charge in [-0.05, 0) is 25.7 Å². The highest BCUT2D eigenvalue weighted by molar-refractivity contribution is 5.81. The standard InChI is InChI=1S/C18H31N3O3/c22-17-15-8-4-5-9-16(15)21(11-13-24-12-10-19-17)18(23)20-14-6-2-1-3-7-14/h14-16H,1-13H2,(H,19,22)(H,20,23)/t15-,16+/m0/s1. The average molecular weight is 337 g/mol. The van der Waals surface area contributed by atoms with Gasteiger partial charge in [0.25, 0.3) is 0 Å². The lowest BCUT2D eigenvalue weighted by atomic mass is 9.82. The molecule has 1 saturated heterocycles. The van der Waals surface area contributed by atoms with Crippen molar-refractivity contribution in [3.05, 3.63) is 0 Å². The maximum absolute atomic E-state index is 12.9. The van der Waals surface area contributed by atoms with Crippen molar-refractivity contribution < 1.29 is 14.3 Å². The quantitative estimate of drug-likeness (QED) is 0.769.